The summed E-state index contributed by atoms with van der Waals surface area (Å²) in [5.41, 5.74) is 0.214. The molecule has 1 amide bonds. The lowest BCUT2D eigenvalue weighted by Gasteiger charge is -2.10. The average molecular weight is 339 g/mol. The predicted molar refractivity (Wildman–Crippen MR) is 80.3 cm³/mol. The van der Waals surface area contributed by atoms with Gasteiger partial charge in [0.2, 0.25) is 5.82 Å². The molecule has 1 fully saturated rings. The summed E-state index contributed by atoms with van der Waals surface area (Å²) in [5.74, 6) is -1.82. The lowest BCUT2D eigenvalue weighted by Crippen LogP contribution is -2.32. The Labute approximate surface area is 136 Å². The molecular formula is C16H16F3N3O2. The van der Waals surface area contributed by atoms with Crippen molar-refractivity contribution in [3.63, 3.8) is 0 Å². The van der Waals surface area contributed by atoms with E-state index in [1.54, 1.807) is 30.3 Å². The summed E-state index contributed by atoms with van der Waals surface area (Å²) in [6.07, 6.45) is -3.02. The maximum atomic E-state index is 12.9. The first-order valence-electron chi connectivity index (χ1n) is 7.57. The standard InChI is InChI=1S/C16H16F3N3O2/c17-16(18,19)15-21-12(10-5-2-1-3-6-10)13(22-15)14(23)20-9-11-7-4-8-24-11/h1-3,5-6,11H,4,7-9H2,(H,20,23)(H,21,22). The second-order valence-corrected chi connectivity index (χ2v) is 5.52. The summed E-state index contributed by atoms with van der Waals surface area (Å²) in [5, 5.41) is 2.61. The number of alkyl halides is 3. The van der Waals surface area contributed by atoms with Crippen LogP contribution in [0.25, 0.3) is 11.3 Å². The number of nitrogens with one attached hydrogen (secondary N) is 2. The minimum atomic E-state index is -4.66. The van der Waals surface area contributed by atoms with Gasteiger partial charge in [-0.2, -0.15) is 13.2 Å². The maximum Gasteiger partial charge on any atom is 0.449 e. The molecule has 5 nitrogen and oxygen atoms in total. The SMILES string of the molecule is O=C(NCC1CCCO1)c1[nH]c(C(F)(F)F)nc1-c1ccccc1. The van der Waals surface area contributed by atoms with Gasteiger partial charge in [-0.1, -0.05) is 30.3 Å². The molecule has 1 unspecified atom stereocenters. The quantitative estimate of drug-likeness (QED) is 0.900. The number of nitrogens with zero attached hydrogens (tertiary/aromatic N) is 1. The van der Waals surface area contributed by atoms with Crippen LogP contribution in [0.3, 0.4) is 0 Å². The second kappa shape index (κ2) is 6.64. The smallest absolute Gasteiger partial charge is 0.376 e. The van der Waals surface area contributed by atoms with E-state index in [0.29, 0.717) is 12.2 Å². The highest BCUT2D eigenvalue weighted by molar-refractivity contribution is 5.98. The van der Waals surface area contributed by atoms with Crippen LogP contribution in [-0.2, 0) is 10.9 Å². The minimum Gasteiger partial charge on any atom is -0.376 e. The number of rotatable bonds is 4. The van der Waals surface area contributed by atoms with Crippen molar-refractivity contribution in [3.05, 3.63) is 41.9 Å². The molecule has 1 aliphatic heterocycles. The number of aromatic amines is 1. The molecule has 128 valence electrons. The molecule has 2 aromatic rings. The third kappa shape index (κ3) is 3.59. The fraction of sp³-hybridized carbons (Fsp3) is 0.375. The van der Waals surface area contributed by atoms with E-state index < -0.39 is 17.9 Å². The molecule has 2 N–H and O–H groups in total. The number of benzene rings is 1. The van der Waals surface area contributed by atoms with Crippen LogP contribution in [-0.4, -0.2) is 35.1 Å². The van der Waals surface area contributed by atoms with Crippen LogP contribution >= 0.6 is 0 Å². The van der Waals surface area contributed by atoms with E-state index in [2.05, 4.69) is 15.3 Å². The molecule has 1 atom stereocenters. The molecule has 1 saturated heterocycles. The van der Waals surface area contributed by atoms with Gasteiger partial charge >= 0.3 is 6.18 Å². The van der Waals surface area contributed by atoms with Crippen LogP contribution in [0.2, 0.25) is 0 Å². The summed E-state index contributed by atoms with van der Waals surface area (Å²) in [4.78, 5) is 18.0. The first kappa shape index (κ1) is 16.5. The molecule has 0 saturated carbocycles. The highest BCUT2D eigenvalue weighted by Gasteiger charge is 2.37. The van der Waals surface area contributed by atoms with Crippen LogP contribution in [0.4, 0.5) is 13.2 Å². The molecule has 1 aliphatic rings. The Morgan fingerprint density at radius 1 is 1.33 bits per heavy atom. The topological polar surface area (TPSA) is 67.0 Å². The van der Waals surface area contributed by atoms with Gasteiger partial charge in [-0.3, -0.25) is 4.79 Å². The number of carbonyl (C=O) groups is 1. The number of hydrogen-bond acceptors (Lipinski definition) is 3. The molecule has 0 spiro atoms. The predicted octanol–water partition coefficient (Wildman–Crippen LogP) is 3.00. The summed E-state index contributed by atoms with van der Waals surface area (Å²) in [6.45, 7) is 0.894. The number of hydrogen-bond donors (Lipinski definition) is 2. The van der Waals surface area contributed by atoms with Crippen molar-refractivity contribution < 1.29 is 22.7 Å². The number of amides is 1. The highest BCUT2D eigenvalue weighted by atomic mass is 19.4. The molecule has 0 aliphatic carbocycles. The Kier molecular flexibility index (Phi) is 4.57. The van der Waals surface area contributed by atoms with E-state index in [-0.39, 0.29) is 24.0 Å². The molecule has 1 aromatic heterocycles. The second-order valence-electron chi connectivity index (χ2n) is 5.52. The molecule has 1 aromatic carbocycles. The third-order valence-corrected chi connectivity index (χ3v) is 3.76. The van der Waals surface area contributed by atoms with Gasteiger partial charge < -0.3 is 15.0 Å². The Bertz CT molecular complexity index is 707. The summed E-state index contributed by atoms with van der Waals surface area (Å²) < 4.78 is 44.2. The third-order valence-electron chi connectivity index (χ3n) is 3.76. The molecule has 3 rings (SSSR count). The Morgan fingerprint density at radius 2 is 2.08 bits per heavy atom. The summed E-state index contributed by atoms with van der Waals surface area (Å²) >= 11 is 0. The van der Waals surface area contributed by atoms with Crippen molar-refractivity contribution in [2.45, 2.75) is 25.1 Å². The van der Waals surface area contributed by atoms with Gasteiger partial charge in [-0.15, -0.1) is 0 Å². The van der Waals surface area contributed by atoms with Crippen molar-refractivity contribution in [3.8, 4) is 11.3 Å². The maximum absolute atomic E-state index is 12.9. The van der Waals surface area contributed by atoms with Crippen molar-refractivity contribution in [2.75, 3.05) is 13.2 Å². The Hall–Kier alpha value is -2.35. The number of carbonyl (C=O) groups excluding carboxylic acids is 1. The van der Waals surface area contributed by atoms with Gasteiger partial charge in [0.15, 0.2) is 0 Å². The van der Waals surface area contributed by atoms with Crippen LogP contribution in [0, 0.1) is 0 Å². The number of aromatic nitrogens is 2. The minimum absolute atomic E-state index is 0.0206. The molecule has 0 bridgehead atoms. The van der Waals surface area contributed by atoms with Gasteiger partial charge in [0.1, 0.15) is 11.4 Å². The number of halogens is 3. The zero-order chi connectivity index (χ0) is 17.2. The molecule has 8 heteroatoms. The van der Waals surface area contributed by atoms with Gasteiger partial charge in [-0.25, -0.2) is 4.98 Å². The van der Waals surface area contributed by atoms with Crippen molar-refractivity contribution in [1.82, 2.24) is 15.3 Å². The normalized spacial score (nSPS) is 17.9. The van der Waals surface area contributed by atoms with Crippen molar-refractivity contribution in [1.29, 1.82) is 0 Å². The molecule has 2 heterocycles. The van der Waals surface area contributed by atoms with Gasteiger partial charge in [0.05, 0.1) is 6.10 Å². The fourth-order valence-corrected chi connectivity index (χ4v) is 2.58. The summed E-state index contributed by atoms with van der Waals surface area (Å²) in [7, 11) is 0. The first-order chi connectivity index (χ1) is 11.4. The van der Waals surface area contributed by atoms with E-state index >= 15 is 0 Å². The monoisotopic (exact) mass is 339 g/mol. The van der Waals surface area contributed by atoms with E-state index in [1.165, 1.54) is 0 Å². The van der Waals surface area contributed by atoms with E-state index in [0.717, 1.165) is 12.8 Å². The number of imidazole rings is 1. The lowest BCUT2D eigenvalue weighted by molar-refractivity contribution is -0.144. The molecule has 0 radical (unpaired) electrons. The average Bonchev–Trinajstić information content (AvgIpc) is 3.22. The van der Waals surface area contributed by atoms with Crippen molar-refractivity contribution >= 4 is 5.91 Å². The Balaban J connectivity index is 1.87. The molecular weight excluding hydrogens is 323 g/mol. The zero-order valence-electron chi connectivity index (χ0n) is 12.7. The highest BCUT2D eigenvalue weighted by Crippen LogP contribution is 2.31. The number of H-pyrrole nitrogens is 1. The van der Waals surface area contributed by atoms with Crippen LogP contribution in [0.5, 0.6) is 0 Å². The van der Waals surface area contributed by atoms with E-state index in [9.17, 15) is 18.0 Å². The first-order valence-corrected chi connectivity index (χ1v) is 7.57. The van der Waals surface area contributed by atoms with E-state index in [1.807, 2.05) is 0 Å². The van der Waals surface area contributed by atoms with Gasteiger partial charge in [-0.05, 0) is 12.8 Å². The van der Waals surface area contributed by atoms with E-state index in [4.69, 9.17) is 4.74 Å². The lowest BCUT2D eigenvalue weighted by atomic mass is 10.1. The molecule has 24 heavy (non-hydrogen) atoms. The van der Waals surface area contributed by atoms with Gasteiger partial charge in [0, 0.05) is 18.7 Å². The Morgan fingerprint density at radius 3 is 2.71 bits per heavy atom. The fourth-order valence-electron chi connectivity index (χ4n) is 2.58. The van der Waals surface area contributed by atoms with Gasteiger partial charge in [0.25, 0.3) is 5.91 Å². The van der Waals surface area contributed by atoms with Crippen LogP contribution < -0.4 is 5.32 Å². The van der Waals surface area contributed by atoms with Crippen LogP contribution in [0.1, 0.15) is 29.2 Å². The number of ether oxygens (including phenoxy) is 1. The van der Waals surface area contributed by atoms with Crippen molar-refractivity contribution in [2.24, 2.45) is 0 Å². The zero-order valence-corrected chi connectivity index (χ0v) is 12.7. The summed E-state index contributed by atoms with van der Waals surface area (Å²) in [6, 6.07) is 8.29. The largest absolute Gasteiger partial charge is 0.449 e. The van der Waals surface area contributed by atoms with Crippen LogP contribution in [0.15, 0.2) is 30.3 Å².